The fourth-order valence-corrected chi connectivity index (χ4v) is 3.07. The summed E-state index contributed by atoms with van der Waals surface area (Å²) in [6.07, 6.45) is 1.09. The van der Waals surface area contributed by atoms with E-state index < -0.39 is 11.4 Å². The zero-order valence-electron chi connectivity index (χ0n) is 16.6. The van der Waals surface area contributed by atoms with Gasteiger partial charge in [-0.05, 0) is 39.8 Å². The molecule has 0 atom stereocenters. The lowest BCUT2D eigenvalue weighted by molar-refractivity contribution is 0.0140. The Morgan fingerprint density at radius 3 is 2.29 bits per heavy atom. The minimum atomic E-state index is -0.553. The highest BCUT2D eigenvalue weighted by Crippen LogP contribution is 2.19. The number of hydrogen-bond acceptors (Lipinski definition) is 4. The van der Waals surface area contributed by atoms with Gasteiger partial charge in [-0.25, -0.2) is 13.9 Å². The highest BCUT2D eigenvalue weighted by Gasteiger charge is 2.29. The van der Waals surface area contributed by atoms with Crippen molar-refractivity contribution < 1.29 is 18.7 Å². The zero-order chi connectivity index (χ0) is 20.5. The van der Waals surface area contributed by atoms with Crippen LogP contribution in [-0.4, -0.2) is 63.4 Å². The van der Waals surface area contributed by atoms with Crippen LogP contribution < -0.4 is 0 Å². The van der Waals surface area contributed by atoms with Crippen molar-refractivity contribution >= 4 is 12.0 Å². The molecule has 2 heterocycles. The fourth-order valence-electron chi connectivity index (χ4n) is 3.07. The molecule has 7 nitrogen and oxygen atoms in total. The van der Waals surface area contributed by atoms with Gasteiger partial charge in [0.15, 0.2) is 0 Å². The van der Waals surface area contributed by atoms with E-state index in [1.165, 1.54) is 16.9 Å². The third kappa shape index (κ3) is 4.16. The predicted octanol–water partition coefficient (Wildman–Crippen LogP) is 3.01. The Morgan fingerprint density at radius 1 is 1.07 bits per heavy atom. The maximum Gasteiger partial charge on any atom is 0.410 e. The third-order valence-corrected chi connectivity index (χ3v) is 4.54. The smallest absolute Gasteiger partial charge is 0.410 e. The molecule has 3 rings (SSSR count). The highest BCUT2D eigenvalue weighted by molar-refractivity contribution is 5.95. The van der Waals surface area contributed by atoms with E-state index in [4.69, 9.17) is 4.74 Å². The first-order valence-electron chi connectivity index (χ1n) is 9.24. The van der Waals surface area contributed by atoms with E-state index >= 15 is 0 Å². The van der Waals surface area contributed by atoms with Gasteiger partial charge >= 0.3 is 6.09 Å². The molecule has 0 spiro atoms. The van der Waals surface area contributed by atoms with Crippen LogP contribution in [0.3, 0.4) is 0 Å². The van der Waals surface area contributed by atoms with Gasteiger partial charge in [0.2, 0.25) is 0 Å². The minimum Gasteiger partial charge on any atom is -0.444 e. The number of amides is 2. The molecule has 2 amide bonds. The van der Waals surface area contributed by atoms with Crippen LogP contribution in [-0.2, 0) is 4.74 Å². The van der Waals surface area contributed by atoms with Gasteiger partial charge in [-0.15, -0.1) is 0 Å². The molecule has 0 radical (unpaired) electrons. The largest absolute Gasteiger partial charge is 0.444 e. The number of aromatic nitrogens is 2. The molecule has 2 aromatic rings. The quantitative estimate of drug-likeness (QED) is 0.793. The maximum atomic E-state index is 14.1. The van der Waals surface area contributed by atoms with Crippen molar-refractivity contribution in [1.29, 1.82) is 0 Å². The van der Waals surface area contributed by atoms with Gasteiger partial charge in [0.05, 0.1) is 17.5 Å². The second-order valence-corrected chi connectivity index (χ2v) is 7.77. The Kier molecular flexibility index (Phi) is 5.40. The van der Waals surface area contributed by atoms with Crippen molar-refractivity contribution in [1.82, 2.24) is 19.6 Å². The van der Waals surface area contributed by atoms with Crippen LogP contribution >= 0.6 is 0 Å². The van der Waals surface area contributed by atoms with Crippen molar-refractivity contribution in [2.24, 2.45) is 0 Å². The van der Waals surface area contributed by atoms with Crippen molar-refractivity contribution in [2.75, 3.05) is 26.2 Å². The summed E-state index contributed by atoms with van der Waals surface area (Å²) in [7, 11) is 0. The normalized spacial score (nSPS) is 14.9. The summed E-state index contributed by atoms with van der Waals surface area (Å²) in [4.78, 5) is 28.3. The Morgan fingerprint density at radius 2 is 1.68 bits per heavy atom. The second kappa shape index (κ2) is 7.61. The van der Waals surface area contributed by atoms with Gasteiger partial charge in [0.1, 0.15) is 17.1 Å². The number of ether oxygens (including phenoxy) is 1. The van der Waals surface area contributed by atoms with E-state index in [1.54, 1.807) is 34.9 Å². The molecule has 0 bridgehead atoms. The Bertz CT molecular complexity index is 880. The van der Waals surface area contributed by atoms with Crippen LogP contribution in [0.5, 0.6) is 0 Å². The summed E-state index contributed by atoms with van der Waals surface area (Å²) in [5, 5.41) is 4.19. The van der Waals surface area contributed by atoms with E-state index in [9.17, 15) is 14.0 Å². The number of para-hydroxylation sites is 1. The van der Waals surface area contributed by atoms with E-state index in [-0.39, 0.29) is 12.0 Å². The first-order chi connectivity index (χ1) is 13.2. The molecule has 1 aromatic heterocycles. The van der Waals surface area contributed by atoms with Crippen LogP contribution in [0.25, 0.3) is 5.69 Å². The Balaban J connectivity index is 1.68. The standard InChI is InChI=1S/C20H25FN4O3/c1-14-15(13-22-25(14)17-8-6-5-7-16(17)21)18(26)23-9-11-24(12-10-23)19(27)28-20(2,3)4/h5-8,13H,9-12H2,1-4H3. The molecule has 28 heavy (non-hydrogen) atoms. The van der Waals surface area contributed by atoms with Crippen molar-refractivity contribution in [2.45, 2.75) is 33.3 Å². The van der Waals surface area contributed by atoms with E-state index in [1.807, 2.05) is 20.8 Å². The topological polar surface area (TPSA) is 67.7 Å². The summed E-state index contributed by atoms with van der Waals surface area (Å²) >= 11 is 0. The van der Waals surface area contributed by atoms with E-state index in [2.05, 4.69) is 5.10 Å². The van der Waals surface area contributed by atoms with Crippen LogP contribution in [0.1, 0.15) is 36.8 Å². The number of carbonyl (C=O) groups is 2. The van der Waals surface area contributed by atoms with Gasteiger partial charge in [-0.1, -0.05) is 12.1 Å². The van der Waals surface area contributed by atoms with Crippen LogP contribution in [0.4, 0.5) is 9.18 Å². The maximum absolute atomic E-state index is 14.1. The van der Waals surface area contributed by atoms with Crippen molar-refractivity contribution in [3.05, 3.63) is 47.5 Å². The molecule has 1 fully saturated rings. The summed E-state index contributed by atoms with van der Waals surface area (Å²) in [5.74, 6) is -0.581. The summed E-state index contributed by atoms with van der Waals surface area (Å²) in [6, 6.07) is 6.29. The molecule has 150 valence electrons. The average Bonchev–Trinajstić information content (AvgIpc) is 3.01. The van der Waals surface area contributed by atoms with Gasteiger partial charge < -0.3 is 14.5 Å². The number of nitrogens with zero attached hydrogens (tertiary/aromatic N) is 4. The number of carbonyl (C=O) groups excluding carboxylic acids is 2. The van der Waals surface area contributed by atoms with Gasteiger partial charge in [0, 0.05) is 26.2 Å². The van der Waals surface area contributed by atoms with E-state index in [0.29, 0.717) is 43.1 Å². The van der Waals surface area contributed by atoms with Crippen molar-refractivity contribution in [3.63, 3.8) is 0 Å². The zero-order valence-corrected chi connectivity index (χ0v) is 16.6. The van der Waals surface area contributed by atoms with Crippen molar-refractivity contribution in [3.8, 4) is 5.69 Å². The Labute approximate surface area is 163 Å². The molecule has 1 aromatic carbocycles. The number of halogens is 1. The highest BCUT2D eigenvalue weighted by atomic mass is 19.1. The second-order valence-electron chi connectivity index (χ2n) is 7.77. The van der Waals surface area contributed by atoms with Gasteiger partial charge in [-0.3, -0.25) is 4.79 Å². The molecule has 0 aliphatic carbocycles. The number of benzene rings is 1. The number of piperazine rings is 1. The van der Waals surface area contributed by atoms with Crippen LogP contribution in [0.2, 0.25) is 0 Å². The first-order valence-corrected chi connectivity index (χ1v) is 9.24. The molecule has 1 aliphatic rings. The van der Waals surface area contributed by atoms with Crippen LogP contribution in [0.15, 0.2) is 30.5 Å². The lowest BCUT2D eigenvalue weighted by Crippen LogP contribution is -2.51. The summed E-state index contributed by atoms with van der Waals surface area (Å²) < 4.78 is 20.9. The molecule has 0 N–H and O–H groups in total. The SMILES string of the molecule is Cc1c(C(=O)N2CCN(C(=O)OC(C)(C)C)CC2)cnn1-c1ccccc1F. The monoisotopic (exact) mass is 388 g/mol. The molecule has 1 saturated heterocycles. The lowest BCUT2D eigenvalue weighted by atomic mass is 10.2. The predicted molar refractivity (Wildman–Crippen MR) is 102 cm³/mol. The fraction of sp³-hybridized carbons (Fsp3) is 0.450. The number of rotatable bonds is 2. The molecule has 1 aliphatic heterocycles. The molecule has 0 saturated carbocycles. The number of hydrogen-bond donors (Lipinski definition) is 0. The minimum absolute atomic E-state index is 0.177. The summed E-state index contributed by atoms with van der Waals surface area (Å²) in [5.41, 5.74) is 0.745. The molecular weight excluding hydrogens is 363 g/mol. The van der Waals surface area contributed by atoms with Gasteiger partial charge in [0.25, 0.3) is 5.91 Å². The van der Waals surface area contributed by atoms with E-state index in [0.717, 1.165) is 0 Å². The average molecular weight is 388 g/mol. The van der Waals surface area contributed by atoms with Crippen LogP contribution in [0, 0.1) is 12.7 Å². The first kappa shape index (κ1) is 19.9. The Hall–Kier alpha value is -2.90. The molecule has 8 heteroatoms. The molecular formula is C20H25FN4O3. The molecule has 0 unspecified atom stereocenters. The third-order valence-electron chi connectivity index (χ3n) is 4.54. The lowest BCUT2D eigenvalue weighted by Gasteiger charge is -2.35. The summed E-state index contributed by atoms with van der Waals surface area (Å²) in [6.45, 7) is 8.82. The van der Waals surface area contributed by atoms with Gasteiger partial charge in [-0.2, -0.15) is 5.10 Å².